The Balaban J connectivity index is 0.000000336. The Kier molecular flexibility index (Phi) is 5.97. The van der Waals surface area contributed by atoms with E-state index in [0.717, 1.165) is 6.54 Å². The first-order chi connectivity index (χ1) is 6.83. The number of nitrogens with zero attached hydrogens (tertiary/aromatic N) is 1. The molecule has 1 aromatic rings. The summed E-state index contributed by atoms with van der Waals surface area (Å²) in [6.45, 7) is 5.43. The van der Waals surface area contributed by atoms with Crippen molar-refractivity contribution < 1.29 is 21.8 Å². The number of hydrogen-bond donors (Lipinski definition) is 0. The highest BCUT2D eigenvalue weighted by Crippen LogP contribution is 2.06. The van der Waals surface area contributed by atoms with Crippen molar-refractivity contribution in [2.24, 2.45) is 0 Å². The normalized spacial score (nSPS) is 10.5. The topological polar surface area (TPSA) is 3.88 Å². The molecular weight excluding hydrogens is 209 g/mol. The van der Waals surface area contributed by atoms with Crippen molar-refractivity contribution in [2.45, 2.75) is 26.8 Å². The van der Waals surface area contributed by atoms with Gasteiger partial charge in [-0.3, -0.25) is 0 Å². The fraction of sp³-hybridized carbons (Fsp3) is 0.444. The molecule has 0 saturated carbocycles. The largest absolute Gasteiger partial charge is 0.673 e. The van der Waals surface area contributed by atoms with E-state index < -0.39 is 7.25 Å². The number of halogens is 4. The van der Waals surface area contributed by atoms with Crippen LogP contribution in [0.25, 0.3) is 0 Å². The molecule has 86 valence electrons. The smallest absolute Gasteiger partial charge is 0.418 e. The third-order valence-corrected chi connectivity index (χ3v) is 1.49. The van der Waals surface area contributed by atoms with E-state index in [2.05, 4.69) is 42.9 Å². The van der Waals surface area contributed by atoms with Crippen LogP contribution in [0.2, 0.25) is 0 Å². The molecule has 0 spiro atoms. The van der Waals surface area contributed by atoms with Crippen LogP contribution in [0.4, 0.5) is 17.3 Å². The van der Waals surface area contributed by atoms with Crippen LogP contribution in [0.15, 0.2) is 24.5 Å². The lowest BCUT2D eigenvalue weighted by molar-refractivity contribution is -0.697. The Labute approximate surface area is 86.8 Å². The first kappa shape index (κ1) is 13.9. The minimum Gasteiger partial charge on any atom is -0.418 e. The van der Waals surface area contributed by atoms with Crippen molar-refractivity contribution in [1.29, 1.82) is 0 Å². The minimum absolute atomic E-state index is 1.13. The zero-order valence-corrected chi connectivity index (χ0v) is 8.76. The molecule has 0 saturated heterocycles. The van der Waals surface area contributed by atoms with Crippen LogP contribution in [0, 0.1) is 6.92 Å². The van der Waals surface area contributed by atoms with Crippen LogP contribution in [0.5, 0.6) is 0 Å². The van der Waals surface area contributed by atoms with Crippen LogP contribution in [-0.4, -0.2) is 7.25 Å². The Morgan fingerprint density at radius 1 is 1.27 bits per heavy atom. The molecule has 0 N–H and O–H groups in total. The Morgan fingerprint density at radius 2 is 1.80 bits per heavy atom. The molecule has 0 fully saturated rings. The van der Waals surface area contributed by atoms with Crippen molar-refractivity contribution in [3.05, 3.63) is 30.1 Å². The molecular formula is C9H14BF4N. The van der Waals surface area contributed by atoms with E-state index >= 15 is 0 Å². The van der Waals surface area contributed by atoms with Gasteiger partial charge < -0.3 is 17.3 Å². The van der Waals surface area contributed by atoms with Gasteiger partial charge in [-0.1, -0.05) is 6.92 Å². The Hall–Kier alpha value is -1.07. The van der Waals surface area contributed by atoms with Gasteiger partial charge in [0.15, 0.2) is 12.4 Å². The van der Waals surface area contributed by atoms with Crippen LogP contribution in [0.1, 0.15) is 18.9 Å². The van der Waals surface area contributed by atoms with E-state index in [1.165, 1.54) is 12.0 Å². The van der Waals surface area contributed by atoms with Crippen molar-refractivity contribution in [3.8, 4) is 0 Å². The molecule has 1 rings (SSSR count). The second kappa shape index (κ2) is 6.42. The predicted molar refractivity (Wildman–Crippen MR) is 51.9 cm³/mol. The zero-order chi connectivity index (χ0) is 11.9. The molecule has 1 heterocycles. The third-order valence-electron chi connectivity index (χ3n) is 1.49. The van der Waals surface area contributed by atoms with Crippen molar-refractivity contribution >= 4 is 7.25 Å². The Bertz CT molecular complexity index is 282. The lowest BCUT2D eigenvalue weighted by Crippen LogP contribution is -2.32. The van der Waals surface area contributed by atoms with Crippen molar-refractivity contribution in [2.75, 3.05) is 0 Å². The summed E-state index contributed by atoms with van der Waals surface area (Å²) in [7, 11) is -6.00. The van der Waals surface area contributed by atoms with E-state index in [0.29, 0.717) is 0 Å². The molecule has 1 nitrogen and oxygen atoms in total. The summed E-state index contributed by atoms with van der Waals surface area (Å²) in [4.78, 5) is 0. The van der Waals surface area contributed by atoms with Gasteiger partial charge in [-0.05, 0) is 13.0 Å². The summed E-state index contributed by atoms with van der Waals surface area (Å²) in [5, 5.41) is 0. The molecule has 0 bridgehead atoms. The SMILES string of the molecule is CCC[n+]1cccc(C)c1.F[B-](F)(F)F. The van der Waals surface area contributed by atoms with Crippen molar-refractivity contribution in [3.63, 3.8) is 0 Å². The van der Waals surface area contributed by atoms with E-state index in [9.17, 15) is 17.3 Å². The summed E-state index contributed by atoms with van der Waals surface area (Å²) in [5.74, 6) is 0. The standard InChI is InChI=1S/C9H14N.BF4/c1-3-6-10-7-4-5-9(2)8-10;2-1(3,4)5/h4-5,7-8H,3,6H2,1-2H3;/q+1;-1. The number of pyridine rings is 1. The van der Waals surface area contributed by atoms with Gasteiger partial charge in [0, 0.05) is 18.1 Å². The predicted octanol–water partition coefficient (Wildman–Crippen LogP) is 2.99. The number of hydrogen-bond acceptors (Lipinski definition) is 0. The maximum absolute atomic E-state index is 9.75. The minimum atomic E-state index is -6.00. The van der Waals surface area contributed by atoms with Crippen molar-refractivity contribution in [1.82, 2.24) is 0 Å². The quantitative estimate of drug-likeness (QED) is 0.412. The molecule has 1 aromatic heterocycles. The van der Waals surface area contributed by atoms with Gasteiger partial charge in [0.2, 0.25) is 0 Å². The molecule has 0 atom stereocenters. The average Bonchev–Trinajstić information content (AvgIpc) is 2.01. The summed E-state index contributed by atoms with van der Waals surface area (Å²) in [5.41, 5.74) is 1.33. The molecule has 0 amide bonds. The van der Waals surface area contributed by atoms with E-state index in [4.69, 9.17) is 0 Å². The van der Waals surface area contributed by atoms with E-state index in [1.807, 2.05) is 0 Å². The van der Waals surface area contributed by atoms with Crippen LogP contribution in [-0.2, 0) is 6.54 Å². The number of aromatic nitrogens is 1. The first-order valence-electron chi connectivity index (χ1n) is 4.66. The molecule has 0 aliphatic rings. The molecule has 0 aliphatic carbocycles. The number of rotatable bonds is 2. The Morgan fingerprint density at radius 3 is 2.20 bits per heavy atom. The molecule has 15 heavy (non-hydrogen) atoms. The fourth-order valence-corrected chi connectivity index (χ4v) is 1.05. The summed E-state index contributed by atoms with van der Waals surface area (Å²) in [6, 6.07) is 4.21. The molecule has 0 unspecified atom stereocenters. The molecule has 0 aliphatic heterocycles. The summed E-state index contributed by atoms with van der Waals surface area (Å²) in [6.07, 6.45) is 5.48. The lowest BCUT2D eigenvalue weighted by Gasteiger charge is -1.94. The first-order valence-corrected chi connectivity index (χ1v) is 4.66. The van der Waals surface area contributed by atoms with Gasteiger partial charge in [0.1, 0.15) is 6.54 Å². The van der Waals surface area contributed by atoms with Crippen LogP contribution >= 0.6 is 0 Å². The van der Waals surface area contributed by atoms with Gasteiger partial charge in [-0.2, -0.15) is 0 Å². The van der Waals surface area contributed by atoms with Gasteiger partial charge in [-0.25, -0.2) is 4.57 Å². The van der Waals surface area contributed by atoms with Gasteiger partial charge in [-0.15, -0.1) is 0 Å². The highest BCUT2D eigenvalue weighted by Gasteiger charge is 2.20. The van der Waals surface area contributed by atoms with Crippen LogP contribution in [0.3, 0.4) is 0 Å². The second-order valence-electron chi connectivity index (χ2n) is 3.11. The van der Waals surface area contributed by atoms with E-state index in [1.54, 1.807) is 0 Å². The zero-order valence-electron chi connectivity index (χ0n) is 8.76. The third kappa shape index (κ3) is 10.9. The molecule has 0 radical (unpaired) electrons. The van der Waals surface area contributed by atoms with Crippen LogP contribution < -0.4 is 4.57 Å². The summed E-state index contributed by atoms with van der Waals surface area (Å²) >= 11 is 0. The van der Waals surface area contributed by atoms with Gasteiger partial charge >= 0.3 is 7.25 Å². The monoisotopic (exact) mass is 223 g/mol. The lowest BCUT2D eigenvalue weighted by atomic mass is 10.3. The summed E-state index contributed by atoms with van der Waals surface area (Å²) < 4.78 is 41.2. The van der Waals surface area contributed by atoms with Gasteiger partial charge in [0.25, 0.3) is 0 Å². The fourth-order valence-electron chi connectivity index (χ4n) is 1.05. The van der Waals surface area contributed by atoms with E-state index in [-0.39, 0.29) is 0 Å². The molecule has 0 aromatic carbocycles. The van der Waals surface area contributed by atoms with Gasteiger partial charge in [0.05, 0.1) is 0 Å². The maximum atomic E-state index is 9.75. The number of aryl methyl sites for hydroxylation is 2. The average molecular weight is 223 g/mol. The maximum Gasteiger partial charge on any atom is 0.673 e. The highest BCUT2D eigenvalue weighted by atomic mass is 19.5. The molecule has 6 heteroatoms. The highest BCUT2D eigenvalue weighted by molar-refractivity contribution is 6.50. The second-order valence-corrected chi connectivity index (χ2v) is 3.11.